The van der Waals surface area contributed by atoms with Gasteiger partial charge in [-0.3, -0.25) is 14.5 Å². The van der Waals surface area contributed by atoms with Crippen LogP contribution < -0.4 is 14.8 Å². The zero-order valence-corrected chi connectivity index (χ0v) is 15.0. The largest absolute Gasteiger partial charge is 0.497 e. The van der Waals surface area contributed by atoms with Crippen molar-refractivity contribution < 1.29 is 17.9 Å². The molecule has 1 amide bonds. The average molecular weight is 371 g/mol. The van der Waals surface area contributed by atoms with Crippen LogP contribution in [-0.4, -0.2) is 33.5 Å². The van der Waals surface area contributed by atoms with E-state index in [1.807, 2.05) is 6.07 Å². The van der Waals surface area contributed by atoms with E-state index in [2.05, 4.69) is 15.0 Å². The lowest BCUT2D eigenvalue weighted by molar-refractivity contribution is 0.0963. The van der Waals surface area contributed by atoms with Gasteiger partial charge < -0.3 is 10.1 Å². The number of hydrogen-bond donors (Lipinski definition) is 2. The van der Waals surface area contributed by atoms with E-state index in [-0.39, 0.29) is 10.8 Å². The van der Waals surface area contributed by atoms with Crippen molar-refractivity contribution in [2.24, 2.45) is 0 Å². The molecule has 3 rings (SSSR count). The van der Waals surface area contributed by atoms with Crippen molar-refractivity contribution in [3.8, 4) is 5.75 Å². The number of methoxy groups -OCH3 is 1. The Morgan fingerprint density at radius 2 is 1.85 bits per heavy atom. The highest BCUT2D eigenvalue weighted by atomic mass is 32.2. The standard InChI is InChI=1S/C18H17N3O4S/c1-19-18(22)12-5-7-15(8-6-12)26(23,24)21-16-11-14(25-2)10-13-4-3-9-20-17(13)16/h3-11,21H,1-2H3,(H,19,22). The van der Waals surface area contributed by atoms with E-state index in [4.69, 9.17) is 4.74 Å². The van der Waals surface area contributed by atoms with Gasteiger partial charge in [-0.15, -0.1) is 0 Å². The van der Waals surface area contributed by atoms with Gasteiger partial charge in [-0.1, -0.05) is 6.07 Å². The zero-order valence-electron chi connectivity index (χ0n) is 14.2. The summed E-state index contributed by atoms with van der Waals surface area (Å²) >= 11 is 0. The van der Waals surface area contributed by atoms with Crippen LogP contribution in [0.25, 0.3) is 10.9 Å². The third-order valence-corrected chi connectivity index (χ3v) is 5.19. The van der Waals surface area contributed by atoms with Crippen LogP contribution in [0.1, 0.15) is 10.4 Å². The average Bonchev–Trinajstić information content (AvgIpc) is 2.67. The molecular weight excluding hydrogens is 354 g/mol. The minimum Gasteiger partial charge on any atom is -0.497 e. The normalized spacial score (nSPS) is 11.2. The molecule has 0 saturated carbocycles. The van der Waals surface area contributed by atoms with Crippen LogP contribution in [0.5, 0.6) is 5.75 Å². The highest BCUT2D eigenvalue weighted by Crippen LogP contribution is 2.29. The van der Waals surface area contributed by atoms with E-state index >= 15 is 0 Å². The first-order valence-electron chi connectivity index (χ1n) is 7.72. The number of hydrogen-bond acceptors (Lipinski definition) is 5. The lowest BCUT2D eigenvalue weighted by atomic mass is 10.2. The summed E-state index contributed by atoms with van der Waals surface area (Å²) in [6.07, 6.45) is 1.59. The van der Waals surface area contributed by atoms with Crippen molar-refractivity contribution in [2.45, 2.75) is 4.90 Å². The molecular formula is C18H17N3O4S. The summed E-state index contributed by atoms with van der Waals surface area (Å²) in [6, 6.07) is 12.6. The van der Waals surface area contributed by atoms with Gasteiger partial charge in [0, 0.05) is 30.3 Å². The summed E-state index contributed by atoms with van der Waals surface area (Å²) in [6.45, 7) is 0. The molecule has 8 heteroatoms. The topological polar surface area (TPSA) is 97.4 Å². The van der Waals surface area contributed by atoms with Crippen LogP contribution >= 0.6 is 0 Å². The Hall–Kier alpha value is -3.13. The number of aromatic nitrogens is 1. The molecule has 0 aliphatic heterocycles. The number of nitrogens with one attached hydrogen (secondary N) is 2. The third-order valence-electron chi connectivity index (χ3n) is 3.81. The molecule has 0 bridgehead atoms. The highest BCUT2D eigenvalue weighted by Gasteiger charge is 2.17. The van der Waals surface area contributed by atoms with Crippen molar-refractivity contribution >= 4 is 32.5 Å². The quantitative estimate of drug-likeness (QED) is 0.718. The Morgan fingerprint density at radius 3 is 2.50 bits per heavy atom. The SMILES string of the molecule is CNC(=O)c1ccc(S(=O)(=O)Nc2cc(OC)cc3cccnc23)cc1. The number of carbonyl (C=O) groups is 1. The van der Waals surface area contributed by atoms with Crippen LogP contribution in [-0.2, 0) is 10.0 Å². The predicted molar refractivity (Wildman–Crippen MR) is 98.9 cm³/mol. The molecule has 1 aromatic heterocycles. The summed E-state index contributed by atoms with van der Waals surface area (Å²) in [5, 5.41) is 3.24. The minimum absolute atomic E-state index is 0.0389. The Morgan fingerprint density at radius 1 is 1.12 bits per heavy atom. The van der Waals surface area contributed by atoms with Crippen molar-refractivity contribution in [1.29, 1.82) is 0 Å². The van der Waals surface area contributed by atoms with Crippen LogP contribution in [0.4, 0.5) is 5.69 Å². The number of nitrogens with zero attached hydrogens (tertiary/aromatic N) is 1. The van der Waals surface area contributed by atoms with Gasteiger partial charge in [0.2, 0.25) is 0 Å². The maximum absolute atomic E-state index is 12.7. The summed E-state index contributed by atoms with van der Waals surface area (Å²) < 4.78 is 33.2. The summed E-state index contributed by atoms with van der Waals surface area (Å²) in [5.41, 5.74) is 1.20. The Labute approximate surface area is 151 Å². The molecule has 134 valence electrons. The van der Waals surface area contributed by atoms with E-state index in [0.29, 0.717) is 22.5 Å². The Kier molecular flexibility index (Phi) is 4.77. The minimum atomic E-state index is -3.86. The molecule has 2 N–H and O–H groups in total. The second-order valence-corrected chi connectivity index (χ2v) is 7.14. The van der Waals surface area contributed by atoms with E-state index in [9.17, 15) is 13.2 Å². The summed E-state index contributed by atoms with van der Waals surface area (Å²) in [4.78, 5) is 15.9. The van der Waals surface area contributed by atoms with Gasteiger partial charge in [-0.05, 0) is 36.4 Å². The highest BCUT2D eigenvalue weighted by molar-refractivity contribution is 7.92. The van der Waals surface area contributed by atoms with Crippen molar-refractivity contribution in [3.63, 3.8) is 0 Å². The smallest absolute Gasteiger partial charge is 0.261 e. The van der Waals surface area contributed by atoms with Crippen molar-refractivity contribution in [1.82, 2.24) is 10.3 Å². The zero-order chi connectivity index (χ0) is 18.7. The van der Waals surface area contributed by atoms with Crippen molar-refractivity contribution in [2.75, 3.05) is 18.9 Å². The summed E-state index contributed by atoms with van der Waals surface area (Å²) in [5.74, 6) is 0.225. The van der Waals surface area contributed by atoms with E-state index in [0.717, 1.165) is 5.39 Å². The number of benzene rings is 2. The van der Waals surface area contributed by atoms with Gasteiger partial charge in [0.1, 0.15) is 5.75 Å². The van der Waals surface area contributed by atoms with Gasteiger partial charge in [-0.25, -0.2) is 8.42 Å². The van der Waals surface area contributed by atoms with E-state index in [1.54, 1.807) is 24.4 Å². The summed E-state index contributed by atoms with van der Waals surface area (Å²) in [7, 11) is -0.840. The molecule has 3 aromatic rings. The first-order chi connectivity index (χ1) is 12.4. The lowest BCUT2D eigenvalue weighted by Gasteiger charge is -2.12. The fourth-order valence-corrected chi connectivity index (χ4v) is 3.55. The van der Waals surface area contributed by atoms with Crippen LogP contribution in [0, 0.1) is 0 Å². The number of carbonyl (C=O) groups excluding carboxylic acids is 1. The van der Waals surface area contributed by atoms with Gasteiger partial charge in [0.15, 0.2) is 0 Å². The molecule has 2 aromatic carbocycles. The molecule has 0 radical (unpaired) electrons. The first-order valence-corrected chi connectivity index (χ1v) is 9.20. The van der Waals surface area contributed by atoms with Crippen LogP contribution in [0.15, 0.2) is 59.6 Å². The molecule has 0 spiro atoms. The maximum Gasteiger partial charge on any atom is 0.261 e. The number of amides is 1. The third kappa shape index (κ3) is 3.45. The molecule has 0 saturated heterocycles. The fraction of sp³-hybridized carbons (Fsp3) is 0.111. The lowest BCUT2D eigenvalue weighted by Crippen LogP contribution is -2.18. The number of sulfonamides is 1. The molecule has 0 aliphatic rings. The Bertz CT molecular complexity index is 1060. The number of rotatable bonds is 5. The number of fused-ring (bicyclic) bond motifs is 1. The molecule has 0 unspecified atom stereocenters. The number of anilines is 1. The van der Waals surface area contributed by atoms with Crippen LogP contribution in [0.3, 0.4) is 0 Å². The second kappa shape index (κ2) is 7.01. The van der Waals surface area contributed by atoms with E-state index in [1.165, 1.54) is 38.4 Å². The number of ether oxygens (including phenoxy) is 1. The second-order valence-electron chi connectivity index (χ2n) is 5.46. The van der Waals surface area contributed by atoms with Gasteiger partial charge in [0.05, 0.1) is 23.2 Å². The van der Waals surface area contributed by atoms with Gasteiger partial charge in [-0.2, -0.15) is 0 Å². The van der Waals surface area contributed by atoms with Crippen molar-refractivity contribution in [3.05, 3.63) is 60.3 Å². The first kappa shape index (κ1) is 17.7. The monoisotopic (exact) mass is 371 g/mol. The molecule has 26 heavy (non-hydrogen) atoms. The predicted octanol–water partition coefficient (Wildman–Crippen LogP) is 2.40. The van der Waals surface area contributed by atoms with Crippen LogP contribution in [0.2, 0.25) is 0 Å². The molecule has 0 fully saturated rings. The molecule has 7 nitrogen and oxygen atoms in total. The van der Waals surface area contributed by atoms with Gasteiger partial charge >= 0.3 is 0 Å². The maximum atomic E-state index is 12.7. The molecule has 0 aliphatic carbocycles. The van der Waals surface area contributed by atoms with Gasteiger partial charge in [0.25, 0.3) is 15.9 Å². The molecule has 0 atom stereocenters. The fourth-order valence-electron chi connectivity index (χ4n) is 2.49. The van der Waals surface area contributed by atoms with E-state index < -0.39 is 10.0 Å². The number of pyridine rings is 1. The molecule has 1 heterocycles. The Balaban J connectivity index is 1.99.